The summed E-state index contributed by atoms with van der Waals surface area (Å²) < 4.78 is 5.62. The van der Waals surface area contributed by atoms with Gasteiger partial charge in [-0.15, -0.1) is 0 Å². The van der Waals surface area contributed by atoms with Gasteiger partial charge in [0.1, 0.15) is 0 Å². The minimum atomic E-state index is -1.09. The molecular formula is C14H19N3O4. The molecule has 1 heterocycles. The highest BCUT2D eigenvalue weighted by molar-refractivity contribution is 5.92. The fourth-order valence-corrected chi connectivity index (χ4v) is 2.25. The van der Waals surface area contributed by atoms with E-state index in [9.17, 15) is 9.59 Å². The van der Waals surface area contributed by atoms with E-state index in [1.54, 1.807) is 0 Å². The molecule has 0 aromatic carbocycles. The third kappa shape index (κ3) is 5.03. The third-order valence-electron chi connectivity index (χ3n) is 3.29. The SMILES string of the molecule is O=C(NCCOC1CCCC1)Nc1cncc(C(=O)O)c1. The summed E-state index contributed by atoms with van der Waals surface area (Å²) in [5, 5.41) is 14.0. The number of nitrogens with zero attached hydrogens (tertiary/aromatic N) is 1. The summed E-state index contributed by atoms with van der Waals surface area (Å²) in [6.45, 7) is 0.889. The Morgan fingerprint density at radius 1 is 1.33 bits per heavy atom. The molecule has 0 saturated heterocycles. The number of ether oxygens (including phenoxy) is 1. The number of carboxylic acids is 1. The zero-order chi connectivity index (χ0) is 15.1. The highest BCUT2D eigenvalue weighted by Gasteiger charge is 2.14. The second-order valence-electron chi connectivity index (χ2n) is 4.93. The summed E-state index contributed by atoms with van der Waals surface area (Å²) in [6, 6.07) is 0.943. The van der Waals surface area contributed by atoms with Crippen molar-refractivity contribution in [3.63, 3.8) is 0 Å². The summed E-state index contributed by atoms with van der Waals surface area (Å²) in [5.41, 5.74) is 0.362. The average molecular weight is 293 g/mol. The van der Waals surface area contributed by atoms with E-state index in [-0.39, 0.29) is 5.56 Å². The fraction of sp³-hybridized carbons (Fsp3) is 0.500. The van der Waals surface area contributed by atoms with Crippen molar-refractivity contribution in [2.75, 3.05) is 18.5 Å². The molecule has 2 amide bonds. The Kier molecular flexibility index (Phi) is 5.51. The van der Waals surface area contributed by atoms with Crippen LogP contribution in [-0.4, -0.2) is 41.3 Å². The molecule has 2 rings (SSSR count). The van der Waals surface area contributed by atoms with Gasteiger partial charge in [-0.25, -0.2) is 9.59 Å². The number of pyridine rings is 1. The molecule has 0 aliphatic heterocycles. The van der Waals surface area contributed by atoms with Crippen LogP contribution in [0.15, 0.2) is 18.5 Å². The van der Waals surface area contributed by atoms with Crippen LogP contribution >= 0.6 is 0 Å². The first-order valence-corrected chi connectivity index (χ1v) is 7.00. The lowest BCUT2D eigenvalue weighted by atomic mass is 10.3. The number of urea groups is 1. The van der Waals surface area contributed by atoms with Crippen molar-refractivity contribution in [2.24, 2.45) is 0 Å². The molecule has 7 nitrogen and oxygen atoms in total. The van der Waals surface area contributed by atoms with E-state index in [0.717, 1.165) is 12.8 Å². The quantitative estimate of drug-likeness (QED) is 0.695. The van der Waals surface area contributed by atoms with Gasteiger partial charge in [-0.05, 0) is 18.9 Å². The van der Waals surface area contributed by atoms with Crippen LogP contribution in [0.3, 0.4) is 0 Å². The van der Waals surface area contributed by atoms with Gasteiger partial charge in [-0.1, -0.05) is 12.8 Å². The lowest BCUT2D eigenvalue weighted by molar-refractivity contribution is 0.0615. The van der Waals surface area contributed by atoms with Gasteiger partial charge in [0.2, 0.25) is 0 Å². The Labute approximate surface area is 122 Å². The summed E-state index contributed by atoms with van der Waals surface area (Å²) >= 11 is 0. The molecule has 3 N–H and O–H groups in total. The maximum absolute atomic E-state index is 11.6. The number of aromatic nitrogens is 1. The Morgan fingerprint density at radius 3 is 2.81 bits per heavy atom. The first-order valence-electron chi connectivity index (χ1n) is 7.00. The summed E-state index contributed by atoms with van der Waals surface area (Å²) in [4.78, 5) is 26.2. The summed E-state index contributed by atoms with van der Waals surface area (Å²) in [6.07, 6.45) is 7.56. The molecule has 21 heavy (non-hydrogen) atoms. The summed E-state index contributed by atoms with van der Waals surface area (Å²) in [5.74, 6) is -1.09. The molecule has 1 aromatic heterocycles. The third-order valence-corrected chi connectivity index (χ3v) is 3.29. The first-order chi connectivity index (χ1) is 10.1. The van der Waals surface area contributed by atoms with Crippen LogP contribution in [0.1, 0.15) is 36.0 Å². The topological polar surface area (TPSA) is 101 Å². The van der Waals surface area contributed by atoms with Crippen molar-refractivity contribution in [3.05, 3.63) is 24.0 Å². The largest absolute Gasteiger partial charge is 0.478 e. The van der Waals surface area contributed by atoms with Gasteiger partial charge in [-0.2, -0.15) is 0 Å². The van der Waals surface area contributed by atoms with Gasteiger partial charge < -0.3 is 20.5 Å². The number of carbonyl (C=O) groups is 2. The van der Waals surface area contributed by atoms with Gasteiger partial charge in [-0.3, -0.25) is 4.98 Å². The smallest absolute Gasteiger partial charge is 0.337 e. The Morgan fingerprint density at radius 2 is 2.10 bits per heavy atom. The molecule has 1 aliphatic rings. The van der Waals surface area contributed by atoms with Crippen LogP contribution in [0.2, 0.25) is 0 Å². The second-order valence-corrected chi connectivity index (χ2v) is 4.93. The predicted molar refractivity (Wildman–Crippen MR) is 76.4 cm³/mol. The van der Waals surface area contributed by atoms with Gasteiger partial charge >= 0.3 is 12.0 Å². The van der Waals surface area contributed by atoms with E-state index < -0.39 is 12.0 Å². The van der Waals surface area contributed by atoms with Crippen molar-refractivity contribution in [1.82, 2.24) is 10.3 Å². The number of carbonyl (C=O) groups excluding carboxylic acids is 1. The maximum Gasteiger partial charge on any atom is 0.337 e. The average Bonchev–Trinajstić information content (AvgIpc) is 2.97. The summed E-state index contributed by atoms with van der Waals surface area (Å²) in [7, 11) is 0. The Balaban J connectivity index is 1.69. The number of hydrogen-bond acceptors (Lipinski definition) is 4. The molecule has 0 unspecified atom stereocenters. The molecule has 0 bridgehead atoms. The molecule has 0 spiro atoms. The fourth-order valence-electron chi connectivity index (χ4n) is 2.25. The number of hydrogen-bond donors (Lipinski definition) is 3. The number of anilines is 1. The van der Waals surface area contributed by atoms with E-state index >= 15 is 0 Å². The zero-order valence-corrected chi connectivity index (χ0v) is 11.7. The standard InChI is InChI=1S/C14H19N3O4/c18-13(19)10-7-11(9-15-8-10)17-14(20)16-5-6-21-12-3-1-2-4-12/h7-9,12H,1-6H2,(H,18,19)(H2,16,17,20). The molecule has 1 saturated carbocycles. The molecule has 1 aliphatic carbocycles. The number of aromatic carboxylic acids is 1. The Bertz CT molecular complexity index is 501. The van der Waals surface area contributed by atoms with Crippen molar-refractivity contribution < 1.29 is 19.4 Å². The highest BCUT2D eigenvalue weighted by atomic mass is 16.5. The lowest BCUT2D eigenvalue weighted by Crippen LogP contribution is -2.32. The minimum Gasteiger partial charge on any atom is -0.478 e. The second kappa shape index (κ2) is 7.58. The van der Waals surface area contributed by atoms with Gasteiger partial charge in [0, 0.05) is 12.7 Å². The van der Waals surface area contributed by atoms with Crippen LogP contribution in [0.5, 0.6) is 0 Å². The van der Waals surface area contributed by atoms with Gasteiger partial charge in [0.15, 0.2) is 0 Å². The number of nitrogens with one attached hydrogen (secondary N) is 2. The van der Waals surface area contributed by atoms with Crippen molar-refractivity contribution >= 4 is 17.7 Å². The maximum atomic E-state index is 11.6. The monoisotopic (exact) mass is 293 g/mol. The first kappa shape index (κ1) is 15.2. The van der Waals surface area contributed by atoms with Crippen molar-refractivity contribution in [1.29, 1.82) is 0 Å². The van der Waals surface area contributed by atoms with Crippen LogP contribution in [0, 0.1) is 0 Å². The van der Waals surface area contributed by atoms with Gasteiger partial charge in [0.25, 0.3) is 0 Å². The molecule has 7 heteroatoms. The van der Waals surface area contributed by atoms with Crippen LogP contribution in [0.4, 0.5) is 10.5 Å². The number of carboxylic acid groups (broad SMARTS) is 1. The van der Waals surface area contributed by atoms with Crippen LogP contribution in [-0.2, 0) is 4.74 Å². The molecule has 114 valence electrons. The van der Waals surface area contributed by atoms with Crippen LogP contribution < -0.4 is 10.6 Å². The van der Waals surface area contributed by atoms with Gasteiger partial charge in [0.05, 0.1) is 30.2 Å². The predicted octanol–water partition coefficient (Wildman–Crippen LogP) is 1.86. The van der Waals surface area contributed by atoms with Crippen molar-refractivity contribution in [2.45, 2.75) is 31.8 Å². The molecule has 0 radical (unpaired) electrons. The number of amides is 2. The minimum absolute atomic E-state index is 0.0253. The van der Waals surface area contributed by atoms with E-state index in [2.05, 4.69) is 15.6 Å². The van der Waals surface area contributed by atoms with E-state index in [4.69, 9.17) is 9.84 Å². The highest BCUT2D eigenvalue weighted by Crippen LogP contribution is 2.20. The van der Waals surface area contributed by atoms with E-state index in [1.807, 2.05) is 0 Å². The molecular weight excluding hydrogens is 274 g/mol. The number of rotatable bonds is 6. The zero-order valence-electron chi connectivity index (χ0n) is 11.7. The van der Waals surface area contributed by atoms with Crippen LogP contribution in [0.25, 0.3) is 0 Å². The molecule has 1 fully saturated rings. The van der Waals surface area contributed by atoms with Crippen molar-refractivity contribution in [3.8, 4) is 0 Å². The molecule has 0 atom stereocenters. The lowest BCUT2D eigenvalue weighted by Gasteiger charge is -2.12. The molecule has 1 aromatic rings. The van der Waals surface area contributed by atoms with E-state index in [1.165, 1.54) is 31.3 Å². The van der Waals surface area contributed by atoms with E-state index in [0.29, 0.717) is 24.9 Å². The Hall–Kier alpha value is -2.15. The normalized spacial score (nSPS) is 14.9.